The number of benzene rings is 2. The van der Waals surface area contributed by atoms with Crippen molar-refractivity contribution in [3.8, 4) is 5.69 Å². The molecule has 0 unspecified atom stereocenters. The fraction of sp³-hybridized carbons (Fsp3) is 0.400. The summed E-state index contributed by atoms with van der Waals surface area (Å²) in [4.78, 5) is 12.8. The third-order valence-corrected chi connectivity index (χ3v) is 8.10. The van der Waals surface area contributed by atoms with Crippen LogP contribution in [0, 0.1) is 17.2 Å². The van der Waals surface area contributed by atoms with Crippen LogP contribution in [0.2, 0.25) is 0 Å². The molecule has 2 atom stereocenters. The minimum atomic E-state index is -0.879. The molecule has 5 rings (SSSR count). The Hall–Kier alpha value is -3.25. The van der Waals surface area contributed by atoms with Gasteiger partial charge in [0.2, 0.25) is 0 Å². The molecule has 5 nitrogen and oxygen atoms in total. The van der Waals surface area contributed by atoms with Crippen LogP contribution in [0.4, 0.5) is 4.39 Å². The first-order valence-electron chi connectivity index (χ1n) is 12.8. The van der Waals surface area contributed by atoms with E-state index in [-0.39, 0.29) is 11.7 Å². The van der Waals surface area contributed by atoms with E-state index in [1.807, 2.05) is 35.1 Å². The predicted molar refractivity (Wildman–Crippen MR) is 139 cm³/mol. The van der Waals surface area contributed by atoms with Crippen LogP contribution in [-0.4, -0.2) is 32.9 Å². The van der Waals surface area contributed by atoms with Crippen LogP contribution in [0.25, 0.3) is 11.8 Å². The summed E-state index contributed by atoms with van der Waals surface area (Å²) in [7, 11) is 0. The minimum Gasteiger partial charge on any atom is -0.389 e. The highest BCUT2D eigenvalue weighted by molar-refractivity contribution is 5.95. The second-order valence-electron chi connectivity index (χ2n) is 10.9. The van der Waals surface area contributed by atoms with Crippen molar-refractivity contribution >= 4 is 12.0 Å². The van der Waals surface area contributed by atoms with E-state index in [0.717, 1.165) is 28.9 Å². The van der Waals surface area contributed by atoms with Crippen LogP contribution in [0.1, 0.15) is 67.2 Å². The van der Waals surface area contributed by atoms with Crippen molar-refractivity contribution in [3.63, 3.8) is 0 Å². The summed E-state index contributed by atoms with van der Waals surface area (Å²) in [5.74, 6) is 0.0552. The van der Waals surface area contributed by atoms with E-state index < -0.39 is 11.0 Å². The molecule has 1 aromatic heterocycles. The average Bonchev–Trinajstić information content (AvgIpc) is 3.38. The van der Waals surface area contributed by atoms with Gasteiger partial charge in [0.1, 0.15) is 5.82 Å². The van der Waals surface area contributed by atoms with Crippen LogP contribution in [0.15, 0.2) is 60.3 Å². The minimum absolute atomic E-state index is 0.0555. The highest BCUT2D eigenvalue weighted by Crippen LogP contribution is 2.56. The number of nitrogens with zero attached hydrogens (tertiary/aromatic N) is 2. The Balaban J connectivity index is 1.37. The zero-order valence-corrected chi connectivity index (χ0v) is 21.2. The SMILES string of the molecule is CC(C)CNC(=O)c1ccccc1CC[C@]1(O)CCC2=Cc3c(cnn3-c3ccc(F)cc3)C[C@@]21C. The van der Waals surface area contributed by atoms with Crippen molar-refractivity contribution in [1.29, 1.82) is 0 Å². The molecule has 2 N–H and O–H groups in total. The number of carbonyl (C=O) groups is 1. The summed E-state index contributed by atoms with van der Waals surface area (Å²) in [6, 6.07) is 14.1. The molecule has 3 aromatic rings. The molecule has 0 spiro atoms. The van der Waals surface area contributed by atoms with Crippen molar-refractivity contribution in [2.75, 3.05) is 6.54 Å². The number of aromatic nitrogens is 2. The number of aryl methyl sites for hydroxylation is 1. The summed E-state index contributed by atoms with van der Waals surface area (Å²) < 4.78 is 15.3. The highest BCUT2D eigenvalue weighted by Gasteiger charge is 2.54. The predicted octanol–water partition coefficient (Wildman–Crippen LogP) is 5.50. The smallest absolute Gasteiger partial charge is 0.251 e. The quantitative estimate of drug-likeness (QED) is 0.462. The van der Waals surface area contributed by atoms with Gasteiger partial charge in [-0.05, 0) is 85.6 Å². The number of amides is 1. The molecule has 1 fully saturated rings. The average molecular weight is 488 g/mol. The van der Waals surface area contributed by atoms with E-state index in [1.54, 1.807) is 12.1 Å². The molecular weight excluding hydrogens is 453 g/mol. The first kappa shape index (κ1) is 24.4. The van der Waals surface area contributed by atoms with Gasteiger partial charge in [0.05, 0.1) is 23.2 Å². The standard InChI is InChI=1S/C30H34FN3O2/c1-20(2)18-32-28(35)26-7-5-4-6-21(26)12-14-30(36)15-13-23-16-27-22(17-29(23,30)3)19-33-34(27)25-10-8-24(31)9-11-25/h4-11,16,19-20,36H,12-15,17-18H2,1-3H3,(H,32,35)/t29-,30-/m0/s1. The first-order valence-corrected chi connectivity index (χ1v) is 12.8. The molecule has 2 aliphatic rings. The number of hydrogen-bond donors (Lipinski definition) is 2. The largest absolute Gasteiger partial charge is 0.389 e. The molecule has 2 aromatic carbocycles. The van der Waals surface area contributed by atoms with E-state index in [2.05, 4.69) is 37.3 Å². The normalized spacial score (nSPS) is 22.8. The summed E-state index contributed by atoms with van der Waals surface area (Å²) in [5.41, 5.74) is 4.51. The van der Waals surface area contributed by atoms with Gasteiger partial charge in [-0.15, -0.1) is 0 Å². The molecule has 36 heavy (non-hydrogen) atoms. The molecule has 0 radical (unpaired) electrons. The molecule has 188 valence electrons. The number of hydrogen-bond acceptors (Lipinski definition) is 3. The number of halogens is 1. The maximum absolute atomic E-state index is 13.4. The van der Waals surface area contributed by atoms with Crippen molar-refractivity contribution < 1.29 is 14.3 Å². The third-order valence-electron chi connectivity index (χ3n) is 8.10. The van der Waals surface area contributed by atoms with Gasteiger partial charge in [-0.3, -0.25) is 4.79 Å². The number of carbonyl (C=O) groups excluding carboxylic acids is 1. The van der Waals surface area contributed by atoms with Crippen molar-refractivity contribution in [3.05, 3.63) is 88.5 Å². The Labute approximate surface area is 212 Å². The second-order valence-corrected chi connectivity index (χ2v) is 10.9. The Kier molecular flexibility index (Phi) is 6.33. The van der Waals surface area contributed by atoms with Crippen LogP contribution in [0.3, 0.4) is 0 Å². The van der Waals surface area contributed by atoms with Crippen molar-refractivity contribution in [2.24, 2.45) is 11.3 Å². The maximum Gasteiger partial charge on any atom is 0.251 e. The van der Waals surface area contributed by atoms with Crippen LogP contribution < -0.4 is 5.32 Å². The molecule has 6 heteroatoms. The molecule has 0 bridgehead atoms. The van der Waals surface area contributed by atoms with Crippen LogP contribution >= 0.6 is 0 Å². The van der Waals surface area contributed by atoms with E-state index in [4.69, 9.17) is 0 Å². The topological polar surface area (TPSA) is 67.2 Å². The van der Waals surface area contributed by atoms with E-state index in [0.29, 0.717) is 43.7 Å². The van der Waals surface area contributed by atoms with Gasteiger partial charge in [-0.25, -0.2) is 9.07 Å². The monoisotopic (exact) mass is 487 g/mol. The summed E-state index contributed by atoms with van der Waals surface area (Å²) in [6.45, 7) is 6.95. The first-order chi connectivity index (χ1) is 17.2. The number of rotatable bonds is 7. The lowest BCUT2D eigenvalue weighted by atomic mass is 9.65. The third kappa shape index (κ3) is 4.28. The Morgan fingerprint density at radius 3 is 2.69 bits per heavy atom. The maximum atomic E-state index is 13.4. The molecule has 0 saturated heterocycles. The number of nitrogens with one attached hydrogen (secondary N) is 1. The van der Waals surface area contributed by atoms with Gasteiger partial charge < -0.3 is 10.4 Å². The fourth-order valence-corrected chi connectivity index (χ4v) is 5.81. The van der Waals surface area contributed by atoms with E-state index >= 15 is 0 Å². The van der Waals surface area contributed by atoms with E-state index in [1.165, 1.54) is 17.7 Å². The van der Waals surface area contributed by atoms with Gasteiger partial charge in [0.25, 0.3) is 5.91 Å². The molecule has 1 heterocycles. The van der Waals surface area contributed by atoms with Gasteiger partial charge in [-0.1, -0.05) is 44.5 Å². The van der Waals surface area contributed by atoms with Crippen LogP contribution in [-0.2, 0) is 12.8 Å². The van der Waals surface area contributed by atoms with E-state index in [9.17, 15) is 14.3 Å². The summed E-state index contributed by atoms with van der Waals surface area (Å²) in [5, 5.41) is 19.6. The van der Waals surface area contributed by atoms with Crippen molar-refractivity contribution in [1.82, 2.24) is 15.1 Å². The fourth-order valence-electron chi connectivity index (χ4n) is 5.81. The lowest BCUT2D eigenvalue weighted by Crippen LogP contribution is -2.45. The molecule has 1 amide bonds. The molecular formula is C30H34FN3O2. The van der Waals surface area contributed by atoms with Gasteiger partial charge in [0, 0.05) is 17.5 Å². The highest BCUT2D eigenvalue weighted by atomic mass is 19.1. The zero-order valence-electron chi connectivity index (χ0n) is 21.2. The summed E-state index contributed by atoms with van der Waals surface area (Å²) in [6.07, 6.45) is 7.44. The number of fused-ring (bicyclic) bond motifs is 2. The zero-order chi connectivity index (χ0) is 25.5. The van der Waals surface area contributed by atoms with Gasteiger partial charge >= 0.3 is 0 Å². The molecule has 0 aliphatic heterocycles. The number of aliphatic hydroxyl groups is 1. The summed E-state index contributed by atoms with van der Waals surface area (Å²) >= 11 is 0. The Morgan fingerprint density at radius 1 is 1.19 bits per heavy atom. The van der Waals surface area contributed by atoms with Gasteiger partial charge in [-0.2, -0.15) is 5.10 Å². The van der Waals surface area contributed by atoms with Crippen molar-refractivity contribution in [2.45, 2.75) is 58.5 Å². The Bertz CT molecular complexity index is 1310. The lowest BCUT2D eigenvalue weighted by molar-refractivity contribution is -0.0461. The lowest BCUT2D eigenvalue weighted by Gasteiger charge is -2.42. The van der Waals surface area contributed by atoms with Gasteiger partial charge in [0.15, 0.2) is 0 Å². The Morgan fingerprint density at radius 2 is 1.94 bits per heavy atom. The second kappa shape index (κ2) is 9.32. The molecule has 2 aliphatic carbocycles. The van der Waals surface area contributed by atoms with Crippen LogP contribution in [0.5, 0.6) is 0 Å². The molecule has 1 saturated carbocycles.